The second-order valence-electron chi connectivity index (χ2n) is 6.58. The van der Waals surface area contributed by atoms with Crippen molar-refractivity contribution in [1.29, 1.82) is 0 Å². The maximum absolute atomic E-state index is 11.8. The average molecular weight is 408 g/mol. The van der Waals surface area contributed by atoms with Gasteiger partial charge in [-0.3, -0.25) is 4.68 Å². The van der Waals surface area contributed by atoms with Crippen molar-refractivity contribution in [3.05, 3.63) is 45.2 Å². The third kappa shape index (κ3) is 3.31. The summed E-state index contributed by atoms with van der Waals surface area (Å²) in [5.74, 6) is 0.423. The Balaban J connectivity index is 1.64. The van der Waals surface area contributed by atoms with E-state index in [-0.39, 0.29) is 17.5 Å². The Morgan fingerprint density at radius 2 is 2.12 bits per heavy atom. The summed E-state index contributed by atoms with van der Waals surface area (Å²) in [4.78, 5) is 4.59. The van der Waals surface area contributed by atoms with E-state index in [1.807, 2.05) is 48.9 Å². The number of nitrogens with zero attached hydrogens (tertiary/aromatic N) is 3. The molecule has 8 heteroatoms. The minimum atomic E-state index is -2.94. The van der Waals surface area contributed by atoms with Gasteiger partial charge >= 0.3 is 0 Å². The van der Waals surface area contributed by atoms with Gasteiger partial charge in [0.2, 0.25) is 0 Å². The van der Waals surface area contributed by atoms with Crippen LogP contribution < -0.4 is 0 Å². The van der Waals surface area contributed by atoms with Crippen LogP contribution >= 0.6 is 22.9 Å². The largest absolute Gasteiger partial charge is 0.265 e. The van der Waals surface area contributed by atoms with E-state index in [1.54, 1.807) is 11.3 Å². The fraction of sp³-hybridized carbons (Fsp3) is 0.333. The first kappa shape index (κ1) is 17.7. The van der Waals surface area contributed by atoms with E-state index in [4.69, 9.17) is 11.6 Å². The van der Waals surface area contributed by atoms with Gasteiger partial charge in [-0.05, 0) is 50.6 Å². The van der Waals surface area contributed by atoms with Gasteiger partial charge in [0.05, 0.1) is 33.5 Å². The SMILES string of the molecule is Cc1nn([C@@H]2CCS(=O)(=O)C2)c(C)c1/C=C/c1nc2cc(Cl)ccc2s1. The number of hydrogen-bond donors (Lipinski definition) is 0. The van der Waals surface area contributed by atoms with Crippen LogP contribution in [0.15, 0.2) is 18.2 Å². The minimum Gasteiger partial charge on any atom is -0.265 e. The molecule has 0 N–H and O–H groups in total. The second-order valence-corrected chi connectivity index (χ2v) is 10.3. The highest BCUT2D eigenvalue weighted by atomic mass is 35.5. The third-order valence-corrected chi connectivity index (χ3v) is 7.68. The molecule has 3 heterocycles. The van der Waals surface area contributed by atoms with Gasteiger partial charge < -0.3 is 0 Å². The lowest BCUT2D eigenvalue weighted by atomic mass is 10.1. The quantitative estimate of drug-likeness (QED) is 0.649. The number of benzene rings is 1. The normalized spacial score (nSPS) is 19.7. The van der Waals surface area contributed by atoms with Crippen molar-refractivity contribution in [1.82, 2.24) is 14.8 Å². The predicted molar refractivity (Wildman–Crippen MR) is 108 cm³/mol. The zero-order valence-electron chi connectivity index (χ0n) is 14.4. The summed E-state index contributed by atoms with van der Waals surface area (Å²) in [5, 5.41) is 6.17. The third-order valence-electron chi connectivity index (χ3n) is 4.69. The maximum Gasteiger partial charge on any atom is 0.152 e. The van der Waals surface area contributed by atoms with Gasteiger partial charge in [-0.15, -0.1) is 11.3 Å². The van der Waals surface area contributed by atoms with E-state index >= 15 is 0 Å². The molecular weight excluding hydrogens is 390 g/mol. The van der Waals surface area contributed by atoms with E-state index in [9.17, 15) is 8.42 Å². The Bertz CT molecular complexity index is 1130. The molecule has 3 aromatic rings. The molecule has 0 unspecified atom stereocenters. The number of halogens is 1. The summed E-state index contributed by atoms with van der Waals surface area (Å²) < 4.78 is 26.5. The zero-order chi connectivity index (χ0) is 18.5. The molecule has 0 amide bonds. The van der Waals surface area contributed by atoms with Gasteiger partial charge in [0.25, 0.3) is 0 Å². The van der Waals surface area contributed by atoms with Crippen molar-refractivity contribution >= 4 is 55.1 Å². The van der Waals surface area contributed by atoms with E-state index in [0.29, 0.717) is 11.4 Å². The Labute approximate surface area is 161 Å². The molecule has 1 fully saturated rings. The van der Waals surface area contributed by atoms with Crippen LogP contribution in [-0.4, -0.2) is 34.7 Å². The Hall–Kier alpha value is -1.70. The van der Waals surface area contributed by atoms with Gasteiger partial charge in [-0.2, -0.15) is 5.10 Å². The number of thiazole rings is 1. The Kier molecular flexibility index (Phi) is 4.41. The van der Waals surface area contributed by atoms with Crippen LogP contribution in [0.4, 0.5) is 0 Å². The van der Waals surface area contributed by atoms with Crippen molar-refractivity contribution in [2.45, 2.75) is 26.3 Å². The summed E-state index contributed by atoms with van der Waals surface area (Å²) >= 11 is 7.63. The van der Waals surface area contributed by atoms with Crippen LogP contribution in [0.25, 0.3) is 22.4 Å². The molecule has 26 heavy (non-hydrogen) atoms. The van der Waals surface area contributed by atoms with Crippen LogP contribution in [0.2, 0.25) is 5.02 Å². The fourth-order valence-electron chi connectivity index (χ4n) is 3.38. The maximum atomic E-state index is 11.8. The molecule has 0 bridgehead atoms. The topological polar surface area (TPSA) is 64.8 Å². The van der Waals surface area contributed by atoms with Crippen molar-refractivity contribution < 1.29 is 8.42 Å². The number of aromatic nitrogens is 3. The van der Waals surface area contributed by atoms with Gasteiger partial charge in [0.1, 0.15) is 5.01 Å². The van der Waals surface area contributed by atoms with Crippen molar-refractivity contribution in [2.75, 3.05) is 11.5 Å². The van der Waals surface area contributed by atoms with Gasteiger partial charge in [0.15, 0.2) is 9.84 Å². The molecule has 1 aromatic carbocycles. The first-order valence-corrected chi connectivity index (χ1v) is 11.3. The molecular formula is C18H18ClN3O2S2. The van der Waals surface area contributed by atoms with Crippen molar-refractivity contribution in [3.8, 4) is 0 Å². The molecule has 0 saturated carbocycles. The number of rotatable bonds is 3. The molecule has 0 aliphatic carbocycles. The summed E-state index contributed by atoms with van der Waals surface area (Å²) in [6.45, 7) is 3.94. The number of fused-ring (bicyclic) bond motifs is 1. The van der Waals surface area contributed by atoms with Crippen LogP contribution in [0.3, 0.4) is 0 Å². The number of hydrogen-bond acceptors (Lipinski definition) is 5. The van der Waals surface area contributed by atoms with Crippen LogP contribution in [0.1, 0.15) is 34.4 Å². The highest BCUT2D eigenvalue weighted by Gasteiger charge is 2.31. The van der Waals surface area contributed by atoms with Crippen LogP contribution in [0.5, 0.6) is 0 Å². The average Bonchev–Trinajstić information content (AvgIpc) is 3.21. The monoisotopic (exact) mass is 407 g/mol. The molecule has 4 rings (SSSR count). The fourth-order valence-corrected chi connectivity index (χ4v) is 6.09. The predicted octanol–water partition coefficient (Wildman–Crippen LogP) is 4.29. The van der Waals surface area contributed by atoms with Gasteiger partial charge in [0, 0.05) is 16.3 Å². The van der Waals surface area contributed by atoms with Crippen molar-refractivity contribution in [2.24, 2.45) is 0 Å². The Morgan fingerprint density at radius 1 is 1.31 bits per heavy atom. The summed E-state index contributed by atoms with van der Waals surface area (Å²) in [6, 6.07) is 5.64. The lowest BCUT2D eigenvalue weighted by molar-refractivity contribution is 0.486. The van der Waals surface area contributed by atoms with Gasteiger partial charge in [-0.1, -0.05) is 11.6 Å². The van der Waals surface area contributed by atoms with E-state index in [1.165, 1.54) is 0 Å². The summed E-state index contributed by atoms with van der Waals surface area (Å²) in [5.41, 5.74) is 3.80. The first-order chi connectivity index (χ1) is 12.3. The molecule has 1 saturated heterocycles. The van der Waals surface area contributed by atoms with E-state index in [0.717, 1.165) is 32.2 Å². The zero-order valence-corrected chi connectivity index (χ0v) is 16.8. The Morgan fingerprint density at radius 3 is 2.85 bits per heavy atom. The molecule has 1 aliphatic rings. The molecule has 5 nitrogen and oxygen atoms in total. The molecule has 136 valence electrons. The molecule has 0 radical (unpaired) electrons. The molecule has 1 aliphatic heterocycles. The van der Waals surface area contributed by atoms with E-state index in [2.05, 4.69) is 10.1 Å². The number of aryl methyl sites for hydroxylation is 1. The second kappa shape index (κ2) is 6.48. The molecule has 0 spiro atoms. The first-order valence-electron chi connectivity index (χ1n) is 8.33. The summed E-state index contributed by atoms with van der Waals surface area (Å²) in [7, 11) is -2.94. The highest BCUT2D eigenvalue weighted by molar-refractivity contribution is 7.91. The van der Waals surface area contributed by atoms with Gasteiger partial charge in [-0.25, -0.2) is 13.4 Å². The molecule has 1 atom stereocenters. The van der Waals surface area contributed by atoms with Crippen molar-refractivity contribution in [3.63, 3.8) is 0 Å². The molecule has 2 aromatic heterocycles. The minimum absolute atomic E-state index is 0.0644. The smallest absolute Gasteiger partial charge is 0.152 e. The van der Waals surface area contributed by atoms with Crippen LogP contribution in [-0.2, 0) is 9.84 Å². The number of sulfone groups is 1. The lowest BCUT2D eigenvalue weighted by Crippen LogP contribution is -2.13. The van der Waals surface area contributed by atoms with E-state index < -0.39 is 9.84 Å². The summed E-state index contributed by atoms with van der Waals surface area (Å²) in [6.07, 6.45) is 4.62. The highest BCUT2D eigenvalue weighted by Crippen LogP contribution is 2.29. The lowest BCUT2D eigenvalue weighted by Gasteiger charge is -2.10. The standard InChI is InChI=1S/C18H18ClN3O2S2/c1-11-15(12(2)22(21-11)14-7-8-26(23,24)10-14)4-6-18-20-16-9-13(19)3-5-17(16)25-18/h3-6,9,14H,7-8,10H2,1-2H3/b6-4+/t14-/m1/s1. The van der Waals surface area contributed by atoms with Crippen LogP contribution in [0, 0.1) is 13.8 Å².